The van der Waals surface area contributed by atoms with Crippen LogP contribution in [0.15, 0.2) is 42.5 Å². The van der Waals surface area contributed by atoms with Crippen molar-refractivity contribution in [2.75, 3.05) is 22.5 Å². The molecule has 0 spiro atoms. The Kier molecular flexibility index (Phi) is 11.2. The molecule has 22 heteroatoms. The monoisotopic (exact) mass is 825 g/mol. The van der Waals surface area contributed by atoms with Crippen LogP contribution in [0, 0.1) is 23.5 Å². The predicted molar refractivity (Wildman–Crippen MR) is 186 cm³/mol. The summed E-state index contributed by atoms with van der Waals surface area (Å²) in [7, 11) is -13.3. The number of hydrogen-bond acceptors (Lipinski definition) is 9. The number of aromatic nitrogens is 3. The number of rotatable bonds is 10. The molecule has 2 aromatic carbocycles. The standard InChI is InChI=1S/C31H29ClF5N5O8S3/c1-30(2,51(3,45)46)11-10-20-6-7-21(26(38-20)24(39-29(43)44)14-17-12-18(33)15-19(34)13-17)22-8-9-23(32)25-27(22)41(16-31(35,36)37)40-28(25)42(52(4,47)48)53(5,49)50/h6-9,12-13,15,24,39H,14,16H2,1-5H3,(H,43,44)/t24-/m0/s1. The average Bonchev–Trinajstić information content (AvgIpc) is 3.30. The normalized spacial score (nSPS) is 13.3. The minimum atomic E-state index is -5.03. The molecule has 2 heterocycles. The van der Waals surface area contributed by atoms with Crippen molar-refractivity contribution in [3.8, 4) is 23.0 Å². The van der Waals surface area contributed by atoms with Gasteiger partial charge in [0.05, 0.1) is 40.2 Å². The van der Waals surface area contributed by atoms with Gasteiger partial charge < -0.3 is 10.4 Å². The third kappa shape index (κ3) is 9.54. The van der Waals surface area contributed by atoms with Crippen LogP contribution < -0.4 is 9.03 Å². The number of pyridine rings is 1. The van der Waals surface area contributed by atoms with Gasteiger partial charge in [-0.1, -0.05) is 23.6 Å². The lowest BCUT2D eigenvalue weighted by molar-refractivity contribution is -0.141. The number of hydrogen-bond donors (Lipinski definition) is 2. The van der Waals surface area contributed by atoms with Gasteiger partial charge in [-0.25, -0.2) is 43.8 Å². The van der Waals surface area contributed by atoms with E-state index in [4.69, 9.17) is 11.6 Å². The van der Waals surface area contributed by atoms with E-state index < -0.39 is 99.3 Å². The van der Waals surface area contributed by atoms with Crippen molar-refractivity contribution in [2.24, 2.45) is 0 Å². The summed E-state index contributed by atoms with van der Waals surface area (Å²) in [4.78, 5) is 16.5. The van der Waals surface area contributed by atoms with Crippen LogP contribution in [0.2, 0.25) is 5.02 Å². The molecule has 13 nitrogen and oxygen atoms in total. The van der Waals surface area contributed by atoms with Crippen LogP contribution in [0.1, 0.15) is 36.8 Å². The van der Waals surface area contributed by atoms with Crippen molar-refractivity contribution in [1.82, 2.24) is 20.1 Å². The van der Waals surface area contributed by atoms with Gasteiger partial charge in [-0.15, -0.1) is 3.71 Å². The van der Waals surface area contributed by atoms with E-state index in [-0.39, 0.29) is 36.5 Å². The molecule has 1 amide bonds. The third-order valence-corrected chi connectivity index (χ3v) is 13.0. The van der Waals surface area contributed by atoms with Crippen molar-refractivity contribution in [2.45, 2.75) is 43.8 Å². The Morgan fingerprint density at radius 2 is 1.53 bits per heavy atom. The van der Waals surface area contributed by atoms with E-state index in [1.807, 2.05) is 0 Å². The maximum Gasteiger partial charge on any atom is 0.408 e. The van der Waals surface area contributed by atoms with Crippen LogP contribution in [-0.4, -0.2) is 80.9 Å². The highest BCUT2D eigenvalue weighted by atomic mass is 35.5. The van der Waals surface area contributed by atoms with E-state index >= 15 is 0 Å². The molecule has 2 aromatic heterocycles. The molecule has 53 heavy (non-hydrogen) atoms. The molecule has 0 saturated carbocycles. The molecule has 0 aliphatic rings. The SMILES string of the molecule is CC(C)(C#Cc1ccc(-c2ccc(Cl)c3c(N(S(C)(=O)=O)S(C)(=O)=O)nn(CC(F)(F)F)c23)c([C@H](Cc2cc(F)cc(F)c2)NC(=O)O)n1)S(C)(=O)=O. The van der Waals surface area contributed by atoms with Crippen molar-refractivity contribution < 1.29 is 57.1 Å². The molecule has 1 atom stereocenters. The van der Waals surface area contributed by atoms with E-state index in [1.165, 1.54) is 26.0 Å². The zero-order chi connectivity index (χ0) is 40.1. The van der Waals surface area contributed by atoms with Crippen LogP contribution in [0.3, 0.4) is 0 Å². The van der Waals surface area contributed by atoms with E-state index in [0.717, 1.165) is 30.5 Å². The zero-order valence-corrected chi connectivity index (χ0v) is 31.3. The number of nitrogens with zero attached hydrogens (tertiary/aromatic N) is 4. The molecule has 0 unspecified atom stereocenters. The Bertz CT molecular complexity index is 2480. The van der Waals surface area contributed by atoms with Gasteiger partial charge in [0.1, 0.15) is 28.6 Å². The highest BCUT2D eigenvalue weighted by molar-refractivity contribution is 8.09. The van der Waals surface area contributed by atoms with Gasteiger partial charge in [0.25, 0.3) is 0 Å². The Hall–Kier alpha value is -4.52. The van der Waals surface area contributed by atoms with E-state index in [9.17, 15) is 57.1 Å². The smallest absolute Gasteiger partial charge is 0.408 e. The first-order chi connectivity index (χ1) is 24.1. The van der Waals surface area contributed by atoms with E-state index in [2.05, 4.69) is 27.2 Å². The van der Waals surface area contributed by atoms with Crippen molar-refractivity contribution in [3.05, 3.63) is 76.1 Å². The number of carboxylic acid groups (broad SMARTS) is 1. The molecular weight excluding hydrogens is 797 g/mol. The predicted octanol–water partition coefficient (Wildman–Crippen LogP) is 5.04. The number of sulfonamides is 2. The number of nitrogens with one attached hydrogen (secondary N) is 1. The zero-order valence-electron chi connectivity index (χ0n) is 28.1. The number of sulfone groups is 1. The van der Waals surface area contributed by atoms with Crippen LogP contribution >= 0.6 is 11.6 Å². The first-order valence-electron chi connectivity index (χ1n) is 14.7. The fourth-order valence-corrected chi connectivity index (χ4v) is 8.45. The lowest BCUT2D eigenvalue weighted by Crippen LogP contribution is -2.36. The van der Waals surface area contributed by atoms with E-state index in [0.29, 0.717) is 18.6 Å². The summed E-state index contributed by atoms with van der Waals surface area (Å²) in [6, 6.07) is 5.51. The molecule has 4 rings (SSSR count). The highest BCUT2D eigenvalue weighted by Gasteiger charge is 2.37. The average molecular weight is 826 g/mol. The summed E-state index contributed by atoms with van der Waals surface area (Å²) in [5.74, 6) is 2.09. The number of amides is 1. The quantitative estimate of drug-likeness (QED) is 0.162. The fourth-order valence-electron chi connectivity index (χ4n) is 5.13. The lowest BCUT2D eigenvalue weighted by atomic mass is 9.94. The van der Waals surface area contributed by atoms with Gasteiger partial charge in [0.2, 0.25) is 20.0 Å². The number of anilines is 1. The Morgan fingerprint density at radius 1 is 0.962 bits per heavy atom. The van der Waals surface area contributed by atoms with E-state index in [1.54, 1.807) is 0 Å². The molecule has 0 aliphatic carbocycles. The molecule has 286 valence electrons. The van der Waals surface area contributed by atoms with Gasteiger partial charge in [-0.2, -0.15) is 18.3 Å². The van der Waals surface area contributed by atoms with Crippen LogP contribution in [-0.2, 0) is 42.8 Å². The van der Waals surface area contributed by atoms with Crippen LogP contribution in [0.25, 0.3) is 22.0 Å². The minimum absolute atomic E-state index is 0.0914. The fraction of sp³-hybridized carbons (Fsp3) is 0.323. The summed E-state index contributed by atoms with van der Waals surface area (Å²) in [5, 5.41) is 14.7. The van der Waals surface area contributed by atoms with Gasteiger partial charge in [0, 0.05) is 23.4 Å². The van der Waals surface area contributed by atoms with Crippen LogP contribution in [0.4, 0.5) is 32.6 Å². The summed E-state index contributed by atoms with van der Waals surface area (Å²) in [6.45, 7) is 0.709. The first kappa shape index (κ1) is 41.2. The summed E-state index contributed by atoms with van der Waals surface area (Å²) in [5.41, 5.74) is -1.56. The topological polar surface area (TPSA) is 186 Å². The van der Waals surface area contributed by atoms with Gasteiger partial charge in [0.15, 0.2) is 15.7 Å². The number of halogens is 6. The maximum atomic E-state index is 14.2. The number of alkyl halides is 3. The molecular formula is C31H29ClF5N5O8S3. The molecule has 0 bridgehead atoms. The minimum Gasteiger partial charge on any atom is -0.465 e. The maximum absolute atomic E-state index is 14.2. The second kappa shape index (κ2) is 14.4. The first-order valence-corrected chi connectivity index (χ1v) is 20.7. The van der Waals surface area contributed by atoms with Crippen molar-refractivity contribution >= 4 is 64.3 Å². The van der Waals surface area contributed by atoms with Crippen LogP contribution in [0.5, 0.6) is 0 Å². The third-order valence-electron chi connectivity index (χ3n) is 7.55. The second-order valence-corrected chi connectivity index (χ2v) is 19.1. The Balaban J connectivity index is 2.18. The van der Waals surface area contributed by atoms with Crippen molar-refractivity contribution in [3.63, 3.8) is 0 Å². The Morgan fingerprint density at radius 3 is 2.04 bits per heavy atom. The van der Waals surface area contributed by atoms with Gasteiger partial charge in [-0.3, -0.25) is 4.68 Å². The summed E-state index contributed by atoms with van der Waals surface area (Å²) in [6.07, 6.45) is -5.31. The molecule has 0 fully saturated rings. The molecule has 0 aliphatic heterocycles. The van der Waals surface area contributed by atoms with Gasteiger partial charge >= 0.3 is 12.3 Å². The Labute approximate surface area is 305 Å². The largest absolute Gasteiger partial charge is 0.465 e. The van der Waals surface area contributed by atoms with Gasteiger partial charge in [-0.05, 0) is 62.1 Å². The molecule has 0 saturated heterocycles. The lowest BCUT2D eigenvalue weighted by Gasteiger charge is -2.21. The summed E-state index contributed by atoms with van der Waals surface area (Å²) >= 11 is 6.41. The van der Waals surface area contributed by atoms with Crippen molar-refractivity contribution in [1.29, 1.82) is 0 Å². The molecule has 2 N–H and O–H groups in total. The summed E-state index contributed by atoms with van der Waals surface area (Å²) < 4.78 is 144. The molecule has 0 radical (unpaired) electrons. The highest BCUT2D eigenvalue weighted by Crippen LogP contribution is 2.42. The second-order valence-electron chi connectivity index (χ2n) is 12.3. The number of carbonyl (C=O) groups is 1. The number of benzene rings is 2. The number of fused-ring (bicyclic) bond motifs is 1. The molecule has 4 aromatic rings.